The van der Waals surface area contributed by atoms with Gasteiger partial charge in [-0.2, -0.15) is 0 Å². The maximum Gasteiger partial charge on any atom is 0.172 e. The molecule has 0 bridgehead atoms. The highest BCUT2D eigenvalue weighted by molar-refractivity contribution is 6.01. The highest BCUT2D eigenvalue weighted by Gasteiger charge is 2.34. The fourth-order valence-electron chi connectivity index (χ4n) is 1.51. The van der Waals surface area contributed by atoms with E-state index >= 15 is 0 Å². The van der Waals surface area contributed by atoms with Crippen molar-refractivity contribution in [1.82, 2.24) is 0 Å². The summed E-state index contributed by atoms with van der Waals surface area (Å²) < 4.78 is 31.3. The van der Waals surface area contributed by atoms with Gasteiger partial charge in [-0.1, -0.05) is 0 Å². The first-order chi connectivity index (χ1) is 7.15. The summed E-state index contributed by atoms with van der Waals surface area (Å²) >= 11 is 0. The molecule has 0 spiro atoms. The van der Waals surface area contributed by atoms with E-state index in [9.17, 15) is 13.6 Å². The minimum atomic E-state index is -0.717. The number of methoxy groups -OCH3 is 1. The van der Waals surface area contributed by atoms with Gasteiger partial charge in [0, 0.05) is 5.92 Å². The molecule has 80 valence electrons. The Morgan fingerprint density at radius 2 is 1.93 bits per heavy atom. The van der Waals surface area contributed by atoms with E-state index in [1.807, 2.05) is 0 Å². The highest BCUT2D eigenvalue weighted by atomic mass is 19.1. The van der Waals surface area contributed by atoms with Crippen LogP contribution in [0.25, 0.3) is 0 Å². The maximum atomic E-state index is 13.4. The lowest BCUT2D eigenvalue weighted by molar-refractivity contribution is 0.0959. The van der Waals surface area contributed by atoms with Gasteiger partial charge in [-0.3, -0.25) is 4.79 Å². The quantitative estimate of drug-likeness (QED) is 0.720. The van der Waals surface area contributed by atoms with Crippen LogP contribution in [0.2, 0.25) is 0 Å². The largest absolute Gasteiger partial charge is 0.493 e. The highest BCUT2D eigenvalue weighted by Crippen LogP contribution is 2.37. The van der Waals surface area contributed by atoms with Crippen LogP contribution in [0.3, 0.4) is 0 Å². The topological polar surface area (TPSA) is 26.3 Å². The fraction of sp³-hybridized carbons (Fsp3) is 0.364. The second-order valence-corrected chi connectivity index (χ2v) is 3.58. The minimum Gasteiger partial charge on any atom is -0.493 e. The van der Waals surface area contributed by atoms with Gasteiger partial charge in [0.25, 0.3) is 0 Å². The Balaban J connectivity index is 2.51. The zero-order chi connectivity index (χ0) is 11.0. The van der Waals surface area contributed by atoms with Crippen LogP contribution in [0, 0.1) is 17.6 Å². The number of ketones is 1. The second kappa shape index (κ2) is 3.61. The smallest absolute Gasteiger partial charge is 0.172 e. The molecule has 4 heteroatoms. The monoisotopic (exact) mass is 212 g/mol. The van der Waals surface area contributed by atoms with Gasteiger partial charge < -0.3 is 4.74 Å². The second-order valence-electron chi connectivity index (χ2n) is 3.58. The third-order valence-electron chi connectivity index (χ3n) is 2.46. The van der Waals surface area contributed by atoms with E-state index in [-0.39, 0.29) is 23.0 Å². The summed E-state index contributed by atoms with van der Waals surface area (Å²) in [5.74, 6) is -2.22. The summed E-state index contributed by atoms with van der Waals surface area (Å²) in [4.78, 5) is 11.7. The van der Waals surface area contributed by atoms with Gasteiger partial charge in [-0.05, 0) is 25.0 Å². The standard InChI is InChI=1S/C11H10F2O2/c1-15-11-8(13)5-4-7(12)9(11)10(14)6-2-3-6/h4-6H,2-3H2,1H3. The molecular formula is C11H10F2O2. The third-order valence-corrected chi connectivity index (χ3v) is 2.46. The normalized spacial score (nSPS) is 15.1. The van der Waals surface area contributed by atoms with E-state index in [0.717, 1.165) is 25.0 Å². The third kappa shape index (κ3) is 1.71. The number of halogens is 2. The van der Waals surface area contributed by atoms with Gasteiger partial charge in [0.2, 0.25) is 0 Å². The number of hydrogen-bond acceptors (Lipinski definition) is 2. The van der Waals surface area contributed by atoms with Crippen molar-refractivity contribution in [2.75, 3.05) is 7.11 Å². The first-order valence-corrected chi connectivity index (χ1v) is 4.71. The van der Waals surface area contributed by atoms with Crippen molar-refractivity contribution in [2.24, 2.45) is 5.92 Å². The summed E-state index contributed by atoms with van der Waals surface area (Å²) in [7, 11) is 1.22. The number of Topliss-reactive ketones (excluding diaryl/α,β-unsaturated/α-hetero) is 1. The average molecular weight is 212 g/mol. The molecule has 0 saturated heterocycles. The minimum absolute atomic E-state index is 0.157. The van der Waals surface area contributed by atoms with E-state index in [2.05, 4.69) is 0 Å². The van der Waals surface area contributed by atoms with Crippen molar-refractivity contribution in [1.29, 1.82) is 0 Å². The number of carbonyl (C=O) groups excluding carboxylic acids is 1. The number of ether oxygens (including phenoxy) is 1. The molecule has 0 aromatic heterocycles. The van der Waals surface area contributed by atoms with Crippen molar-refractivity contribution in [3.63, 3.8) is 0 Å². The molecule has 0 heterocycles. The molecule has 1 fully saturated rings. The maximum absolute atomic E-state index is 13.4. The van der Waals surface area contributed by atoms with Gasteiger partial charge in [0.1, 0.15) is 5.82 Å². The summed E-state index contributed by atoms with van der Waals surface area (Å²) in [5, 5.41) is 0. The molecule has 1 aromatic carbocycles. The lowest BCUT2D eigenvalue weighted by Gasteiger charge is -2.08. The first kappa shape index (κ1) is 10.1. The number of carbonyl (C=O) groups is 1. The lowest BCUT2D eigenvalue weighted by Crippen LogP contribution is -2.08. The van der Waals surface area contributed by atoms with Crippen molar-refractivity contribution >= 4 is 5.78 Å². The molecule has 1 aromatic rings. The molecule has 0 radical (unpaired) electrons. The molecule has 1 aliphatic carbocycles. The molecule has 1 saturated carbocycles. The Bertz CT molecular complexity index is 411. The molecule has 1 aliphatic rings. The average Bonchev–Trinajstić information content (AvgIpc) is 3.03. The van der Waals surface area contributed by atoms with Crippen molar-refractivity contribution in [2.45, 2.75) is 12.8 Å². The molecule has 15 heavy (non-hydrogen) atoms. The Kier molecular flexibility index (Phi) is 2.42. The van der Waals surface area contributed by atoms with E-state index in [4.69, 9.17) is 4.74 Å². The predicted octanol–water partition coefficient (Wildman–Crippen LogP) is 2.57. The molecule has 0 amide bonds. The first-order valence-electron chi connectivity index (χ1n) is 4.71. The Labute approximate surface area is 85.9 Å². The fourth-order valence-corrected chi connectivity index (χ4v) is 1.51. The van der Waals surface area contributed by atoms with Crippen LogP contribution in [0.1, 0.15) is 23.2 Å². The predicted molar refractivity (Wildman–Crippen MR) is 50.0 cm³/mol. The Morgan fingerprint density at radius 1 is 1.33 bits per heavy atom. The van der Waals surface area contributed by atoms with Crippen LogP contribution in [-0.2, 0) is 0 Å². The van der Waals surface area contributed by atoms with Crippen LogP contribution >= 0.6 is 0 Å². The number of hydrogen-bond donors (Lipinski definition) is 0. The van der Waals surface area contributed by atoms with Gasteiger partial charge >= 0.3 is 0 Å². The number of benzene rings is 1. The molecule has 2 rings (SSSR count). The van der Waals surface area contributed by atoms with Crippen LogP contribution in [-0.4, -0.2) is 12.9 Å². The van der Waals surface area contributed by atoms with Crippen LogP contribution in [0.4, 0.5) is 8.78 Å². The van der Waals surface area contributed by atoms with Crippen LogP contribution in [0.15, 0.2) is 12.1 Å². The van der Waals surface area contributed by atoms with E-state index in [0.29, 0.717) is 0 Å². The Hall–Kier alpha value is -1.45. The summed E-state index contributed by atoms with van der Waals surface area (Å²) in [6, 6.07) is 1.91. The van der Waals surface area contributed by atoms with Gasteiger partial charge in [0.05, 0.1) is 12.7 Å². The molecular weight excluding hydrogens is 202 g/mol. The van der Waals surface area contributed by atoms with Crippen molar-refractivity contribution in [3.05, 3.63) is 29.3 Å². The summed E-state index contributed by atoms with van der Waals surface area (Å²) in [6.45, 7) is 0. The molecule has 0 N–H and O–H groups in total. The van der Waals surface area contributed by atoms with E-state index in [1.165, 1.54) is 7.11 Å². The van der Waals surface area contributed by atoms with E-state index < -0.39 is 11.6 Å². The van der Waals surface area contributed by atoms with E-state index in [1.54, 1.807) is 0 Å². The van der Waals surface area contributed by atoms with Crippen LogP contribution in [0.5, 0.6) is 5.75 Å². The zero-order valence-electron chi connectivity index (χ0n) is 8.22. The van der Waals surface area contributed by atoms with Crippen LogP contribution < -0.4 is 4.74 Å². The number of rotatable bonds is 3. The van der Waals surface area contributed by atoms with Crippen molar-refractivity contribution < 1.29 is 18.3 Å². The molecule has 0 aliphatic heterocycles. The summed E-state index contributed by atoms with van der Waals surface area (Å²) in [5.41, 5.74) is -0.250. The zero-order valence-corrected chi connectivity index (χ0v) is 8.22. The Morgan fingerprint density at radius 3 is 2.47 bits per heavy atom. The van der Waals surface area contributed by atoms with Gasteiger partial charge in [-0.15, -0.1) is 0 Å². The molecule has 2 nitrogen and oxygen atoms in total. The molecule has 0 atom stereocenters. The lowest BCUT2D eigenvalue weighted by atomic mass is 10.1. The SMILES string of the molecule is COc1c(F)ccc(F)c1C(=O)C1CC1. The van der Waals surface area contributed by atoms with Gasteiger partial charge in [-0.25, -0.2) is 8.78 Å². The molecule has 0 unspecified atom stereocenters. The summed E-state index contributed by atoms with van der Waals surface area (Å²) in [6.07, 6.45) is 1.50. The van der Waals surface area contributed by atoms with Crippen molar-refractivity contribution in [3.8, 4) is 5.75 Å². The van der Waals surface area contributed by atoms with Gasteiger partial charge in [0.15, 0.2) is 17.3 Å².